The Hall–Kier alpha value is -1.33. The Kier molecular flexibility index (Phi) is 6.25. The molecule has 0 radical (unpaired) electrons. The van der Waals surface area contributed by atoms with Crippen molar-refractivity contribution in [2.24, 2.45) is 0 Å². The molecule has 0 saturated heterocycles. The van der Waals surface area contributed by atoms with Crippen molar-refractivity contribution in [1.82, 2.24) is 9.88 Å². The van der Waals surface area contributed by atoms with Crippen LogP contribution >= 0.6 is 11.6 Å². The number of ether oxygens (including phenoxy) is 2. The summed E-state index contributed by atoms with van der Waals surface area (Å²) < 4.78 is 11.1. The largest absolute Gasteiger partial charge is 0.444 e. The first-order valence-corrected chi connectivity index (χ1v) is 8.41. The van der Waals surface area contributed by atoms with E-state index in [9.17, 15) is 4.79 Å². The van der Waals surface area contributed by atoms with E-state index in [0.29, 0.717) is 31.0 Å². The summed E-state index contributed by atoms with van der Waals surface area (Å²) in [5.74, 6) is 0. The zero-order valence-electron chi connectivity index (χ0n) is 14.0. The van der Waals surface area contributed by atoms with Gasteiger partial charge in [0.1, 0.15) is 10.8 Å². The van der Waals surface area contributed by atoms with Crippen molar-refractivity contribution in [3.63, 3.8) is 0 Å². The van der Waals surface area contributed by atoms with Crippen molar-refractivity contribution < 1.29 is 14.3 Å². The van der Waals surface area contributed by atoms with Crippen LogP contribution in [0.2, 0.25) is 5.15 Å². The van der Waals surface area contributed by atoms with E-state index in [-0.39, 0.29) is 6.09 Å². The van der Waals surface area contributed by atoms with Crippen LogP contribution in [0.3, 0.4) is 0 Å². The van der Waals surface area contributed by atoms with Crippen LogP contribution in [0.25, 0.3) is 0 Å². The van der Waals surface area contributed by atoms with Gasteiger partial charge in [0.15, 0.2) is 0 Å². The van der Waals surface area contributed by atoms with Gasteiger partial charge in [0.25, 0.3) is 0 Å². The highest BCUT2D eigenvalue weighted by Gasteiger charge is 2.34. The number of carbonyl (C=O) groups is 1. The molecular weight excluding hydrogens is 316 g/mol. The van der Waals surface area contributed by atoms with Gasteiger partial charge in [-0.25, -0.2) is 9.78 Å². The summed E-state index contributed by atoms with van der Waals surface area (Å²) in [6.45, 7) is 7.41. The molecule has 1 saturated carbocycles. The number of rotatable bonds is 7. The molecule has 0 spiro atoms. The zero-order chi connectivity index (χ0) is 16.9. The molecule has 6 heteroatoms. The SMILES string of the molecule is CC(C)(C)OC(=O)N(CCCOCc1ccnc(Cl)c1)C1CC1. The molecule has 1 aromatic rings. The second-order valence-corrected chi connectivity index (χ2v) is 7.19. The van der Waals surface area contributed by atoms with Crippen LogP contribution in [-0.2, 0) is 16.1 Å². The number of nitrogens with zero attached hydrogens (tertiary/aromatic N) is 2. The van der Waals surface area contributed by atoms with E-state index >= 15 is 0 Å². The molecule has 0 aliphatic heterocycles. The second-order valence-electron chi connectivity index (χ2n) is 6.80. The molecule has 1 aromatic heterocycles. The van der Waals surface area contributed by atoms with Crippen LogP contribution in [0.4, 0.5) is 4.79 Å². The van der Waals surface area contributed by atoms with Gasteiger partial charge in [-0.2, -0.15) is 0 Å². The predicted molar refractivity (Wildman–Crippen MR) is 89.5 cm³/mol. The standard InChI is InChI=1S/C17H25ClN2O3/c1-17(2,3)23-16(21)20(14-5-6-14)9-4-10-22-12-13-7-8-19-15(18)11-13/h7-8,11,14H,4-6,9-10,12H2,1-3H3. The summed E-state index contributed by atoms with van der Waals surface area (Å²) in [7, 11) is 0. The van der Waals surface area contributed by atoms with Gasteiger partial charge < -0.3 is 14.4 Å². The van der Waals surface area contributed by atoms with Crippen molar-refractivity contribution in [3.8, 4) is 0 Å². The van der Waals surface area contributed by atoms with E-state index in [2.05, 4.69) is 4.98 Å². The van der Waals surface area contributed by atoms with Crippen LogP contribution in [0.1, 0.15) is 45.6 Å². The fraction of sp³-hybridized carbons (Fsp3) is 0.647. The molecule has 2 rings (SSSR count). The number of halogens is 1. The Morgan fingerprint density at radius 3 is 2.78 bits per heavy atom. The van der Waals surface area contributed by atoms with Crippen LogP contribution in [0, 0.1) is 0 Å². The average Bonchev–Trinajstić information content (AvgIpc) is 3.25. The fourth-order valence-electron chi connectivity index (χ4n) is 2.19. The van der Waals surface area contributed by atoms with E-state index in [1.54, 1.807) is 12.3 Å². The van der Waals surface area contributed by atoms with Crippen LogP contribution in [0.15, 0.2) is 18.3 Å². The van der Waals surface area contributed by atoms with Gasteiger partial charge >= 0.3 is 6.09 Å². The number of carbonyl (C=O) groups excluding carboxylic acids is 1. The zero-order valence-corrected chi connectivity index (χ0v) is 14.8. The Morgan fingerprint density at radius 2 is 2.17 bits per heavy atom. The van der Waals surface area contributed by atoms with E-state index in [1.165, 1.54) is 0 Å². The third kappa shape index (κ3) is 6.75. The third-order valence-electron chi connectivity index (χ3n) is 3.36. The molecule has 23 heavy (non-hydrogen) atoms. The summed E-state index contributed by atoms with van der Waals surface area (Å²) in [4.78, 5) is 18.0. The molecule has 1 aliphatic rings. The molecule has 1 fully saturated rings. The highest BCUT2D eigenvalue weighted by atomic mass is 35.5. The number of amides is 1. The minimum Gasteiger partial charge on any atom is -0.444 e. The molecular formula is C17H25ClN2O3. The van der Waals surface area contributed by atoms with Crippen molar-refractivity contribution in [1.29, 1.82) is 0 Å². The number of hydrogen-bond acceptors (Lipinski definition) is 4. The number of aromatic nitrogens is 1. The second kappa shape index (κ2) is 7.97. The van der Waals surface area contributed by atoms with E-state index < -0.39 is 5.60 Å². The summed E-state index contributed by atoms with van der Waals surface area (Å²) in [6.07, 6.45) is 4.36. The molecule has 1 aliphatic carbocycles. The van der Waals surface area contributed by atoms with Crippen molar-refractivity contribution in [2.75, 3.05) is 13.2 Å². The number of pyridine rings is 1. The Bertz CT molecular complexity index is 527. The van der Waals surface area contributed by atoms with Gasteiger partial charge in [-0.05, 0) is 57.7 Å². The topological polar surface area (TPSA) is 51.7 Å². The van der Waals surface area contributed by atoms with E-state index in [1.807, 2.05) is 31.7 Å². The molecule has 1 amide bonds. The summed E-state index contributed by atoms with van der Waals surface area (Å²) >= 11 is 5.83. The first-order chi connectivity index (χ1) is 10.8. The lowest BCUT2D eigenvalue weighted by Crippen LogP contribution is -2.39. The lowest BCUT2D eigenvalue weighted by Gasteiger charge is -2.27. The van der Waals surface area contributed by atoms with Gasteiger partial charge in [-0.15, -0.1) is 0 Å². The van der Waals surface area contributed by atoms with Gasteiger partial charge in [-0.1, -0.05) is 11.6 Å². The Balaban J connectivity index is 1.69. The van der Waals surface area contributed by atoms with Gasteiger partial charge in [0.2, 0.25) is 0 Å². The van der Waals surface area contributed by atoms with Gasteiger partial charge in [-0.3, -0.25) is 0 Å². The molecule has 128 valence electrons. The highest BCUT2D eigenvalue weighted by Crippen LogP contribution is 2.28. The molecule has 0 atom stereocenters. The smallest absolute Gasteiger partial charge is 0.410 e. The maximum atomic E-state index is 12.2. The maximum absolute atomic E-state index is 12.2. The fourth-order valence-corrected chi connectivity index (χ4v) is 2.39. The average molecular weight is 341 g/mol. The van der Waals surface area contributed by atoms with Gasteiger partial charge in [0, 0.05) is 25.4 Å². The molecule has 5 nitrogen and oxygen atoms in total. The van der Waals surface area contributed by atoms with Crippen LogP contribution in [0.5, 0.6) is 0 Å². The monoisotopic (exact) mass is 340 g/mol. The van der Waals surface area contributed by atoms with Crippen LogP contribution in [-0.4, -0.2) is 40.8 Å². The lowest BCUT2D eigenvalue weighted by atomic mass is 10.2. The first kappa shape index (κ1) is 18.0. The predicted octanol–water partition coefficient (Wildman–Crippen LogP) is 4.04. The maximum Gasteiger partial charge on any atom is 0.410 e. The van der Waals surface area contributed by atoms with E-state index in [4.69, 9.17) is 21.1 Å². The molecule has 1 heterocycles. The number of hydrogen-bond donors (Lipinski definition) is 0. The summed E-state index contributed by atoms with van der Waals surface area (Å²) in [5, 5.41) is 0.468. The Morgan fingerprint density at radius 1 is 1.43 bits per heavy atom. The molecule has 0 N–H and O–H groups in total. The minimum absolute atomic E-state index is 0.221. The molecule has 0 bridgehead atoms. The van der Waals surface area contributed by atoms with Crippen molar-refractivity contribution in [3.05, 3.63) is 29.0 Å². The van der Waals surface area contributed by atoms with Crippen molar-refractivity contribution in [2.45, 2.75) is 58.3 Å². The minimum atomic E-state index is -0.457. The van der Waals surface area contributed by atoms with Crippen LogP contribution < -0.4 is 0 Å². The summed E-state index contributed by atoms with van der Waals surface area (Å²) in [6, 6.07) is 4.01. The summed E-state index contributed by atoms with van der Waals surface area (Å²) in [5.41, 5.74) is 0.539. The first-order valence-electron chi connectivity index (χ1n) is 8.03. The van der Waals surface area contributed by atoms with Crippen molar-refractivity contribution >= 4 is 17.7 Å². The highest BCUT2D eigenvalue weighted by molar-refractivity contribution is 6.29. The van der Waals surface area contributed by atoms with Gasteiger partial charge in [0.05, 0.1) is 6.61 Å². The molecule has 0 unspecified atom stereocenters. The third-order valence-corrected chi connectivity index (χ3v) is 3.57. The Labute approximate surface area is 142 Å². The lowest BCUT2D eigenvalue weighted by molar-refractivity contribution is 0.0208. The van der Waals surface area contributed by atoms with E-state index in [0.717, 1.165) is 24.8 Å². The normalized spacial score (nSPS) is 14.6. The quantitative estimate of drug-likeness (QED) is 0.555. The molecule has 0 aromatic carbocycles.